The van der Waals surface area contributed by atoms with Gasteiger partial charge in [0.1, 0.15) is 12.6 Å². The number of rotatable bonds is 8. The Labute approximate surface area is 161 Å². The van der Waals surface area contributed by atoms with E-state index in [0.29, 0.717) is 11.4 Å². The van der Waals surface area contributed by atoms with Crippen LogP contribution >= 0.6 is 21.6 Å². The first-order valence-electron chi connectivity index (χ1n) is 7.98. The number of carbonyl (C=O) groups is 2. The van der Waals surface area contributed by atoms with Crippen LogP contribution in [0.5, 0.6) is 0 Å². The maximum atomic E-state index is 12.3. The van der Waals surface area contributed by atoms with Gasteiger partial charge in [-0.3, -0.25) is 4.79 Å². The van der Waals surface area contributed by atoms with E-state index in [-0.39, 0.29) is 17.1 Å². The van der Waals surface area contributed by atoms with Gasteiger partial charge in [-0.05, 0) is 18.0 Å². The highest BCUT2D eigenvalue weighted by molar-refractivity contribution is 8.77. The standard InChI is InChI=1S/C17H24N4O3S2/c1-12(22)15(11-25-26-17(2,3)4)21(5)16(23)24-10-13-6-8-14(9-7-13)19-20-18/h6-9,15H,10-11H2,1-5H3/t15-/m0/s1. The van der Waals surface area contributed by atoms with Gasteiger partial charge in [-0.1, -0.05) is 71.7 Å². The number of hydrogen-bond acceptors (Lipinski definition) is 6. The molecule has 0 aliphatic heterocycles. The zero-order valence-electron chi connectivity index (χ0n) is 15.6. The van der Waals surface area contributed by atoms with Gasteiger partial charge in [0.2, 0.25) is 0 Å². The Hall–Kier alpha value is -1.83. The lowest BCUT2D eigenvalue weighted by Gasteiger charge is -2.26. The van der Waals surface area contributed by atoms with Crippen LogP contribution in [0, 0.1) is 0 Å². The molecule has 1 aromatic rings. The number of nitrogens with zero attached hydrogens (tertiary/aromatic N) is 4. The molecule has 0 heterocycles. The quantitative estimate of drug-likeness (QED) is 0.256. The highest BCUT2D eigenvalue weighted by Gasteiger charge is 2.26. The lowest BCUT2D eigenvalue weighted by atomic mass is 10.2. The van der Waals surface area contributed by atoms with Gasteiger partial charge in [-0.25, -0.2) is 4.79 Å². The largest absolute Gasteiger partial charge is 0.445 e. The van der Waals surface area contributed by atoms with Gasteiger partial charge >= 0.3 is 6.09 Å². The van der Waals surface area contributed by atoms with Crippen molar-refractivity contribution in [2.45, 2.75) is 45.1 Å². The fourth-order valence-electron chi connectivity index (χ4n) is 1.86. The summed E-state index contributed by atoms with van der Waals surface area (Å²) in [5.74, 6) is 0.425. The molecular weight excluding hydrogens is 372 g/mol. The van der Waals surface area contributed by atoms with Crippen molar-refractivity contribution in [3.63, 3.8) is 0 Å². The molecule has 1 amide bonds. The van der Waals surface area contributed by atoms with E-state index in [1.165, 1.54) is 11.8 Å². The number of likely N-dealkylation sites (N-methyl/N-ethyl adjacent to an activating group) is 1. The third-order valence-electron chi connectivity index (χ3n) is 3.22. The second kappa shape index (κ2) is 10.4. The highest BCUT2D eigenvalue weighted by Crippen LogP contribution is 2.35. The maximum Gasteiger partial charge on any atom is 0.410 e. The number of benzene rings is 1. The van der Waals surface area contributed by atoms with E-state index in [1.54, 1.807) is 52.9 Å². The molecule has 7 nitrogen and oxygen atoms in total. The van der Waals surface area contributed by atoms with Crippen molar-refractivity contribution in [2.75, 3.05) is 12.8 Å². The van der Waals surface area contributed by atoms with Crippen molar-refractivity contribution in [3.8, 4) is 0 Å². The van der Waals surface area contributed by atoms with Crippen molar-refractivity contribution >= 4 is 39.2 Å². The monoisotopic (exact) mass is 396 g/mol. The number of ether oxygens (including phenoxy) is 1. The zero-order chi connectivity index (χ0) is 19.7. The Balaban J connectivity index is 2.59. The van der Waals surface area contributed by atoms with E-state index < -0.39 is 12.1 Å². The van der Waals surface area contributed by atoms with Gasteiger partial charge in [-0.2, -0.15) is 0 Å². The molecule has 0 N–H and O–H groups in total. The molecule has 0 fully saturated rings. The number of ketones is 1. The molecule has 142 valence electrons. The smallest absolute Gasteiger partial charge is 0.410 e. The molecule has 0 saturated carbocycles. The minimum Gasteiger partial charge on any atom is -0.445 e. The Morgan fingerprint density at radius 3 is 2.42 bits per heavy atom. The summed E-state index contributed by atoms with van der Waals surface area (Å²) in [6.07, 6.45) is -0.550. The fourth-order valence-corrected chi connectivity index (χ4v) is 4.52. The van der Waals surface area contributed by atoms with Crippen LogP contribution < -0.4 is 0 Å². The molecule has 0 spiro atoms. The third kappa shape index (κ3) is 8.03. The lowest BCUT2D eigenvalue weighted by Crippen LogP contribution is -2.43. The summed E-state index contributed by atoms with van der Waals surface area (Å²) >= 11 is 0. The summed E-state index contributed by atoms with van der Waals surface area (Å²) in [5.41, 5.74) is 9.64. The molecule has 0 bridgehead atoms. The van der Waals surface area contributed by atoms with E-state index in [4.69, 9.17) is 10.3 Å². The first-order chi connectivity index (χ1) is 12.1. The molecule has 0 aliphatic rings. The van der Waals surface area contributed by atoms with E-state index in [9.17, 15) is 9.59 Å². The summed E-state index contributed by atoms with van der Waals surface area (Å²) in [5, 5.41) is 3.48. The number of Topliss-reactive ketones (excluding diaryl/α,β-unsaturated/α-hetero) is 1. The number of carbonyl (C=O) groups excluding carboxylic acids is 2. The van der Waals surface area contributed by atoms with Crippen molar-refractivity contribution in [3.05, 3.63) is 40.3 Å². The Bertz CT molecular complexity index is 668. The van der Waals surface area contributed by atoms with Crippen LogP contribution in [0.15, 0.2) is 29.4 Å². The molecule has 0 aliphatic carbocycles. The van der Waals surface area contributed by atoms with Gasteiger partial charge in [0.05, 0.1) is 0 Å². The average molecular weight is 397 g/mol. The summed E-state index contributed by atoms with van der Waals surface area (Å²) in [6.45, 7) is 7.84. The van der Waals surface area contributed by atoms with Crippen LogP contribution in [0.1, 0.15) is 33.3 Å². The van der Waals surface area contributed by atoms with Crippen LogP contribution in [-0.2, 0) is 16.1 Å². The lowest BCUT2D eigenvalue weighted by molar-refractivity contribution is -0.120. The van der Waals surface area contributed by atoms with Gasteiger partial charge in [0.15, 0.2) is 5.78 Å². The number of hydrogen-bond donors (Lipinski definition) is 0. The van der Waals surface area contributed by atoms with Gasteiger partial charge in [0, 0.05) is 28.1 Å². The molecule has 1 aromatic carbocycles. The first-order valence-corrected chi connectivity index (χ1v) is 10.3. The third-order valence-corrected chi connectivity index (χ3v) is 6.55. The Morgan fingerprint density at radius 2 is 1.92 bits per heavy atom. The summed E-state index contributed by atoms with van der Waals surface area (Å²) < 4.78 is 5.36. The van der Waals surface area contributed by atoms with Crippen molar-refractivity contribution in [2.24, 2.45) is 5.11 Å². The SMILES string of the molecule is CC(=O)[C@H](CSSC(C)(C)C)N(C)C(=O)OCc1ccc(N=[N+]=[N-])cc1. The van der Waals surface area contributed by atoms with Crippen molar-refractivity contribution in [1.29, 1.82) is 0 Å². The second-order valence-corrected chi connectivity index (χ2v) is 9.80. The van der Waals surface area contributed by atoms with Crippen molar-refractivity contribution < 1.29 is 14.3 Å². The summed E-state index contributed by atoms with van der Waals surface area (Å²) in [4.78, 5) is 28.2. The van der Waals surface area contributed by atoms with Crippen LogP contribution in [0.2, 0.25) is 0 Å². The molecule has 0 saturated heterocycles. The van der Waals surface area contributed by atoms with Crippen LogP contribution in [0.4, 0.5) is 10.5 Å². The van der Waals surface area contributed by atoms with Crippen LogP contribution in [0.3, 0.4) is 0 Å². The zero-order valence-corrected chi connectivity index (χ0v) is 17.3. The fraction of sp³-hybridized carbons (Fsp3) is 0.529. The number of azide groups is 1. The second-order valence-electron chi connectivity index (χ2n) is 6.63. The Morgan fingerprint density at radius 1 is 1.31 bits per heavy atom. The summed E-state index contributed by atoms with van der Waals surface area (Å²) in [7, 11) is 4.82. The van der Waals surface area contributed by atoms with E-state index in [1.807, 2.05) is 0 Å². The highest BCUT2D eigenvalue weighted by atomic mass is 33.1. The van der Waals surface area contributed by atoms with Crippen LogP contribution in [-0.4, -0.2) is 40.4 Å². The van der Waals surface area contributed by atoms with Gasteiger partial charge in [-0.15, -0.1) is 0 Å². The molecule has 0 aromatic heterocycles. The molecule has 0 unspecified atom stereocenters. The van der Waals surface area contributed by atoms with E-state index in [2.05, 4.69) is 30.8 Å². The van der Waals surface area contributed by atoms with E-state index in [0.717, 1.165) is 5.56 Å². The molecule has 1 rings (SSSR count). The minimum atomic E-state index is -0.550. The number of amides is 1. The van der Waals surface area contributed by atoms with Crippen molar-refractivity contribution in [1.82, 2.24) is 4.90 Å². The summed E-state index contributed by atoms with van der Waals surface area (Å²) in [6, 6.07) is 6.19. The van der Waals surface area contributed by atoms with Crippen LogP contribution in [0.25, 0.3) is 10.4 Å². The molecule has 0 radical (unpaired) electrons. The average Bonchev–Trinajstić information content (AvgIpc) is 2.56. The van der Waals surface area contributed by atoms with Gasteiger partial charge in [0.25, 0.3) is 0 Å². The predicted octanol–water partition coefficient (Wildman–Crippen LogP) is 5.33. The maximum absolute atomic E-state index is 12.3. The minimum absolute atomic E-state index is 0.0762. The molecule has 9 heteroatoms. The molecule has 1 atom stereocenters. The topological polar surface area (TPSA) is 95.4 Å². The molecule has 26 heavy (non-hydrogen) atoms. The first kappa shape index (κ1) is 22.2. The normalized spacial score (nSPS) is 12.0. The van der Waals surface area contributed by atoms with E-state index >= 15 is 0 Å². The Kier molecular flexibility index (Phi) is 8.84. The van der Waals surface area contributed by atoms with Gasteiger partial charge < -0.3 is 9.64 Å². The molecular formula is C17H24N4O3S2. The predicted molar refractivity (Wildman–Crippen MR) is 107 cm³/mol.